The first kappa shape index (κ1) is 14.3. The van der Waals surface area contributed by atoms with Gasteiger partial charge in [0.25, 0.3) is 0 Å². The Labute approximate surface area is 116 Å². The van der Waals surface area contributed by atoms with Crippen molar-refractivity contribution in [3.05, 3.63) is 24.0 Å². The van der Waals surface area contributed by atoms with E-state index in [4.69, 9.17) is 5.73 Å². The van der Waals surface area contributed by atoms with Crippen LogP contribution in [0.15, 0.2) is 18.2 Å². The highest BCUT2D eigenvalue weighted by molar-refractivity contribution is 5.91. The molecule has 20 heavy (non-hydrogen) atoms. The van der Waals surface area contributed by atoms with Crippen molar-refractivity contribution in [3.8, 4) is 0 Å². The maximum atomic E-state index is 13.0. The molecule has 1 atom stereocenters. The van der Waals surface area contributed by atoms with Gasteiger partial charge in [0.2, 0.25) is 11.8 Å². The number of rotatable bonds is 4. The zero-order valence-corrected chi connectivity index (χ0v) is 11.4. The van der Waals surface area contributed by atoms with Crippen molar-refractivity contribution in [2.24, 2.45) is 5.92 Å². The van der Waals surface area contributed by atoms with E-state index in [2.05, 4.69) is 5.32 Å². The van der Waals surface area contributed by atoms with Crippen LogP contribution in [0, 0.1) is 11.7 Å². The fraction of sp³-hybridized carbons (Fsp3) is 0.429. The number of benzene rings is 1. The molecule has 2 amide bonds. The molecule has 1 aliphatic heterocycles. The molecule has 1 heterocycles. The van der Waals surface area contributed by atoms with E-state index in [0.717, 1.165) is 0 Å². The molecule has 1 aromatic carbocycles. The van der Waals surface area contributed by atoms with Crippen molar-refractivity contribution < 1.29 is 14.0 Å². The molecule has 2 rings (SSSR count). The van der Waals surface area contributed by atoms with E-state index in [-0.39, 0.29) is 23.9 Å². The maximum Gasteiger partial charge on any atom is 0.226 e. The molecular formula is C14H18FN3O2. The van der Waals surface area contributed by atoms with Crippen LogP contribution in [-0.4, -0.2) is 29.8 Å². The molecule has 0 radical (unpaired) electrons. The van der Waals surface area contributed by atoms with E-state index < -0.39 is 5.82 Å². The molecule has 1 aromatic rings. The van der Waals surface area contributed by atoms with Crippen molar-refractivity contribution >= 4 is 23.2 Å². The van der Waals surface area contributed by atoms with Crippen molar-refractivity contribution in [2.45, 2.75) is 19.8 Å². The number of hydrogen-bond acceptors (Lipinski definition) is 3. The first-order valence-corrected chi connectivity index (χ1v) is 6.58. The zero-order valence-electron chi connectivity index (χ0n) is 11.4. The number of nitrogens with one attached hydrogen (secondary N) is 1. The Morgan fingerprint density at radius 3 is 2.90 bits per heavy atom. The number of anilines is 2. The van der Waals surface area contributed by atoms with Gasteiger partial charge in [-0.3, -0.25) is 9.59 Å². The summed E-state index contributed by atoms with van der Waals surface area (Å²) in [6.07, 6.45) is 0.770. The summed E-state index contributed by atoms with van der Waals surface area (Å²) >= 11 is 0. The molecule has 108 valence electrons. The highest BCUT2D eigenvalue weighted by Crippen LogP contribution is 2.18. The fourth-order valence-electron chi connectivity index (χ4n) is 2.27. The summed E-state index contributed by atoms with van der Waals surface area (Å²) < 4.78 is 13.0. The van der Waals surface area contributed by atoms with Crippen LogP contribution in [0.4, 0.5) is 15.8 Å². The van der Waals surface area contributed by atoms with Gasteiger partial charge in [0.05, 0.1) is 5.69 Å². The number of amides is 2. The normalized spacial score (nSPS) is 18.4. The van der Waals surface area contributed by atoms with Crippen LogP contribution in [0.3, 0.4) is 0 Å². The summed E-state index contributed by atoms with van der Waals surface area (Å²) in [7, 11) is 0. The molecule has 0 spiro atoms. The van der Waals surface area contributed by atoms with E-state index in [0.29, 0.717) is 31.1 Å². The highest BCUT2D eigenvalue weighted by atomic mass is 19.1. The minimum Gasteiger partial charge on any atom is -0.396 e. The zero-order chi connectivity index (χ0) is 14.7. The van der Waals surface area contributed by atoms with Crippen LogP contribution >= 0.6 is 0 Å². The summed E-state index contributed by atoms with van der Waals surface area (Å²) in [5.74, 6) is -0.290. The number of halogens is 1. The van der Waals surface area contributed by atoms with E-state index in [9.17, 15) is 14.0 Å². The second-order valence-electron chi connectivity index (χ2n) is 5.18. The molecule has 1 aliphatic rings. The van der Waals surface area contributed by atoms with Gasteiger partial charge >= 0.3 is 0 Å². The van der Waals surface area contributed by atoms with Gasteiger partial charge in [0.15, 0.2) is 0 Å². The Morgan fingerprint density at radius 2 is 2.30 bits per heavy atom. The lowest BCUT2D eigenvalue weighted by Crippen LogP contribution is -2.29. The average Bonchev–Trinajstić information content (AvgIpc) is 2.70. The number of nitrogens with zero attached hydrogens (tertiary/aromatic N) is 1. The molecule has 0 aliphatic carbocycles. The lowest BCUT2D eigenvalue weighted by Gasteiger charge is -2.15. The molecule has 1 unspecified atom stereocenters. The van der Waals surface area contributed by atoms with Gasteiger partial charge in [-0.2, -0.15) is 0 Å². The molecular weight excluding hydrogens is 261 g/mol. The van der Waals surface area contributed by atoms with Gasteiger partial charge in [-0.1, -0.05) is 6.92 Å². The summed E-state index contributed by atoms with van der Waals surface area (Å²) in [6.45, 7) is 3.13. The van der Waals surface area contributed by atoms with Crippen molar-refractivity contribution in [3.63, 3.8) is 0 Å². The van der Waals surface area contributed by atoms with Crippen LogP contribution in [0.2, 0.25) is 0 Å². The number of nitrogen functional groups attached to an aromatic ring is 1. The van der Waals surface area contributed by atoms with Crippen molar-refractivity contribution in [1.82, 2.24) is 4.90 Å². The second-order valence-corrected chi connectivity index (χ2v) is 5.18. The van der Waals surface area contributed by atoms with Crippen molar-refractivity contribution in [1.29, 1.82) is 0 Å². The molecule has 6 heteroatoms. The SMILES string of the molecule is CC1CC(=O)N(CCC(=O)Nc2ccc(F)c(N)c2)C1. The maximum absolute atomic E-state index is 13.0. The van der Waals surface area contributed by atoms with E-state index in [1.807, 2.05) is 6.92 Å². The monoisotopic (exact) mass is 279 g/mol. The smallest absolute Gasteiger partial charge is 0.226 e. The summed E-state index contributed by atoms with van der Waals surface area (Å²) in [5, 5.41) is 2.64. The largest absolute Gasteiger partial charge is 0.396 e. The van der Waals surface area contributed by atoms with E-state index in [1.165, 1.54) is 18.2 Å². The predicted octanol–water partition coefficient (Wildman–Crippen LogP) is 1.60. The van der Waals surface area contributed by atoms with Gasteiger partial charge < -0.3 is 16.0 Å². The molecule has 1 fully saturated rings. The predicted molar refractivity (Wildman–Crippen MR) is 74.4 cm³/mol. The quantitative estimate of drug-likeness (QED) is 0.822. The fourth-order valence-corrected chi connectivity index (χ4v) is 2.27. The minimum absolute atomic E-state index is 0.00801. The van der Waals surface area contributed by atoms with Crippen LogP contribution in [0.1, 0.15) is 19.8 Å². The molecule has 1 saturated heterocycles. The van der Waals surface area contributed by atoms with Crippen LogP contribution < -0.4 is 11.1 Å². The molecule has 0 aromatic heterocycles. The second kappa shape index (κ2) is 5.90. The third-order valence-corrected chi connectivity index (χ3v) is 3.30. The number of carbonyl (C=O) groups is 2. The molecule has 0 saturated carbocycles. The van der Waals surface area contributed by atoms with Gasteiger partial charge in [0.1, 0.15) is 5.82 Å². The molecule has 5 nitrogen and oxygen atoms in total. The standard InChI is InChI=1S/C14H18FN3O2/c1-9-6-14(20)18(8-9)5-4-13(19)17-10-2-3-11(15)12(16)7-10/h2-3,7,9H,4-6,8,16H2,1H3,(H,17,19). The number of carbonyl (C=O) groups excluding carboxylic acids is 2. The highest BCUT2D eigenvalue weighted by Gasteiger charge is 2.26. The van der Waals surface area contributed by atoms with Gasteiger partial charge in [-0.25, -0.2) is 4.39 Å². The Morgan fingerprint density at radius 1 is 1.55 bits per heavy atom. The van der Waals surface area contributed by atoms with Crippen LogP contribution in [-0.2, 0) is 9.59 Å². The summed E-state index contributed by atoms with van der Waals surface area (Å²) in [4.78, 5) is 25.0. The Hall–Kier alpha value is -2.11. The topological polar surface area (TPSA) is 75.4 Å². The van der Waals surface area contributed by atoms with Crippen LogP contribution in [0.25, 0.3) is 0 Å². The summed E-state index contributed by atoms with van der Waals surface area (Å²) in [6, 6.07) is 4.03. The van der Waals surface area contributed by atoms with E-state index in [1.54, 1.807) is 4.90 Å². The number of nitrogens with two attached hydrogens (primary N) is 1. The van der Waals surface area contributed by atoms with Crippen LogP contribution in [0.5, 0.6) is 0 Å². The number of likely N-dealkylation sites (tertiary alicyclic amines) is 1. The average molecular weight is 279 g/mol. The minimum atomic E-state index is -0.514. The van der Waals surface area contributed by atoms with Crippen molar-refractivity contribution in [2.75, 3.05) is 24.1 Å². The van der Waals surface area contributed by atoms with E-state index >= 15 is 0 Å². The lowest BCUT2D eigenvalue weighted by molar-refractivity contribution is -0.128. The first-order chi connectivity index (χ1) is 9.45. The summed E-state index contributed by atoms with van der Waals surface area (Å²) in [5.41, 5.74) is 5.87. The Bertz CT molecular complexity index is 533. The first-order valence-electron chi connectivity index (χ1n) is 6.58. The third kappa shape index (κ3) is 3.46. The third-order valence-electron chi connectivity index (χ3n) is 3.30. The Balaban J connectivity index is 1.83. The number of hydrogen-bond donors (Lipinski definition) is 2. The molecule has 3 N–H and O–H groups in total. The van der Waals surface area contributed by atoms with Gasteiger partial charge in [-0.05, 0) is 24.1 Å². The van der Waals surface area contributed by atoms with Gasteiger partial charge in [0, 0.05) is 31.6 Å². The molecule has 0 bridgehead atoms. The Kier molecular flexibility index (Phi) is 4.22. The van der Waals surface area contributed by atoms with Gasteiger partial charge in [-0.15, -0.1) is 0 Å². The lowest BCUT2D eigenvalue weighted by atomic mass is 10.2.